The standard InChI is InChI=1S/C11H11F3S/c1-8-3-5-10(6-4-8)15-9(2)7-11(12,13)14/h3-7H,1-2H3/b9-7+. The maximum atomic E-state index is 12.0. The van der Waals surface area contributed by atoms with Gasteiger partial charge in [0.05, 0.1) is 0 Å². The molecule has 0 unspecified atom stereocenters. The summed E-state index contributed by atoms with van der Waals surface area (Å²) in [5, 5.41) is 0. The van der Waals surface area contributed by atoms with Gasteiger partial charge in [-0.1, -0.05) is 29.5 Å². The molecule has 4 heteroatoms. The van der Waals surface area contributed by atoms with E-state index in [-0.39, 0.29) is 4.91 Å². The van der Waals surface area contributed by atoms with E-state index in [2.05, 4.69) is 0 Å². The molecule has 0 saturated heterocycles. The van der Waals surface area contributed by atoms with Crippen molar-refractivity contribution in [1.82, 2.24) is 0 Å². The fourth-order valence-electron chi connectivity index (χ4n) is 1.05. The summed E-state index contributed by atoms with van der Waals surface area (Å²) in [5.74, 6) is 0. The van der Waals surface area contributed by atoms with Gasteiger partial charge in [0.2, 0.25) is 0 Å². The summed E-state index contributed by atoms with van der Waals surface area (Å²) in [6, 6.07) is 7.38. The Hall–Kier alpha value is -0.900. The van der Waals surface area contributed by atoms with Gasteiger partial charge in [-0.2, -0.15) is 13.2 Å². The second-order valence-corrected chi connectivity index (χ2v) is 4.53. The summed E-state index contributed by atoms with van der Waals surface area (Å²) < 4.78 is 35.9. The Bertz CT molecular complexity index is 349. The molecule has 0 aromatic heterocycles. The predicted molar refractivity (Wildman–Crippen MR) is 56.8 cm³/mol. The van der Waals surface area contributed by atoms with E-state index in [9.17, 15) is 13.2 Å². The van der Waals surface area contributed by atoms with E-state index in [1.807, 2.05) is 31.2 Å². The number of hydrogen-bond donors (Lipinski definition) is 0. The SMILES string of the molecule is C/C(=C\C(F)(F)F)Sc1ccc(C)cc1. The first-order valence-electron chi connectivity index (χ1n) is 4.37. The minimum absolute atomic E-state index is 0.242. The highest BCUT2D eigenvalue weighted by Gasteiger charge is 2.23. The molecule has 1 aromatic carbocycles. The molecule has 0 saturated carbocycles. The monoisotopic (exact) mass is 232 g/mol. The first kappa shape index (κ1) is 12.2. The van der Waals surface area contributed by atoms with Crippen LogP contribution in [0.15, 0.2) is 40.1 Å². The molecule has 0 N–H and O–H groups in total. The highest BCUT2D eigenvalue weighted by molar-refractivity contribution is 8.03. The topological polar surface area (TPSA) is 0 Å². The average molecular weight is 232 g/mol. The molecular weight excluding hydrogens is 221 g/mol. The predicted octanol–water partition coefficient (Wildman–Crippen LogP) is 4.55. The van der Waals surface area contributed by atoms with E-state index in [1.165, 1.54) is 6.92 Å². The third-order valence-corrected chi connectivity index (χ3v) is 2.61. The van der Waals surface area contributed by atoms with Gasteiger partial charge in [-0.25, -0.2) is 0 Å². The van der Waals surface area contributed by atoms with Gasteiger partial charge in [0.1, 0.15) is 0 Å². The number of aryl methyl sites for hydroxylation is 1. The Morgan fingerprint density at radius 2 is 1.73 bits per heavy atom. The second-order valence-electron chi connectivity index (χ2n) is 3.21. The fraction of sp³-hybridized carbons (Fsp3) is 0.273. The molecule has 15 heavy (non-hydrogen) atoms. The maximum absolute atomic E-state index is 12.0. The maximum Gasteiger partial charge on any atom is 0.410 e. The molecule has 0 radical (unpaired) electrons. The number of halogens is 3. The van der Waals surface area contributed by atoms with Gasteiger partial charge in [-0.3, -0.25) is 0 Å². The highest BCUT2D eigenvalue weighted by Crippen LogP contribution is 2.30. The molecule has 0 aliphatic heterocycles. The van der Waals surface area contributed by atoms with Crippen LogP contribution in [-0.4, -0.2) is 6.18 Å². The number of allylic oxidation sites excluding steroid dienone is 2. The van der Waals surface area contributed by atoms with Crippen molar-refractivity contribution in [3.05, 3.63) is 40.8 Å². The zero-order valence-corrected chi connectivity index (χ0v) is 9.25. The van der Waals surface area contributed by atoms with Crippen molar-refractivity contribution in [2.45, 2.75) is 24.9 Å². The summed E-state index contributed by atoms with van der Waals surface area (Å²) in [4.78, 5) is 1.06. The number of benzene rings is 1. The summed E-state index contributed by atoms with van der Waals surface area (Å²) in [5.41, 5.74) is 1.09. The number of alkyl halides is 3. The van der Waals surface area contributed by atoms with Crippen LogP contribution in [0.25, 0.3) is 0 Å². The molecule has 0 fully saturated rings. The molecule has 0 nitrogen and oxygen atoms in total. The number of rotatable bonds is 2. The van der Waals surface area contributed by atoms with Crippen LogP contribution in [-0.2, 0) is 0 Å². The van der Waals surface area contributed by atoms with Gasteiger partial charge >= 0.3 is 6.18 Å². The van der Waals surface area contributed by atoms with Crippen molar-refractivity contribution in [3.63, 3.8) is 0 Å². The smallest absolute Gasteiger partial charge is 0.167 e. The molecule has 0 atom stereocenters. The molecule has 1 rings (SSSR count). The first-order valence-corrected chi connectivity index (χ1v) is 5.19. The summed E-state index contributed by atoms with van der Waals surface area (Å²) >= 11 is 1.12. The van der Waals surface area contributed by atoms with Gasteiger partial charge in [0.15, 0.2) is 0 Å². The van der Waals surface area contributed by atoms with Crippen molar-refractivity contribution in [3.8, 4) is 0 Å². The van der Waals surface area contributed by atoms with Gasteiger partial charge in [0, 0.05) is 11.0 Å². The average Bonchev–Trinajstić information content (AvgIpc) is 2.05. The molecule has 0 bridgehead atoms. The number of thioether (sulfide) groups is 1. The van der Waals surface area contributed by atoms with Gasteiger partial charge in [-0.05, 0) is 30.9 Å². The zero-order chi connectivity index (χ0) is 11.5. The lowest BCUT2D eigenvalue weighted by Gasteiger charge is -2.04. The summed E-state index contributed by atoms with van der Waals surface area (Å²) in [6.45, 7) is 3.39. The lowest BCUT2D eigenvalue weighted by Crippen LogP contribution is -2.01. The minimum Gasteiger partial charge on any atom is -0.167 e. The Labute approximate surface area is 91.2 Å². The molecule has 82 valence electrons. The summed E-state index contributed by atoms with van der Waals surface area (Å²) in [6.07, 6.45) is -3.92. The van der Waals surface area contributed by atoms with Crippen LogP contribution < -0.4 is 0 Å². The largest absolute Gasteiger partial charge is 0.410 e. The number of hydrogen-bond acceptors (Lipinski definition) is 1. The second kappa shape index (κ2) is 4.75. The first-order chi connectivity index (χ1) is 6.87. The van der Waals surface area contributed by atoms with Gasteiger partial charge in [0.25, 0.3) is 0 Å². The third-order valence-electron chi connectivity index (χ3n) is 1.67. The van der Waals surface area contributed by atoms with Crippen LogP contribution in [0.4, 0.5) is 13.2 Å². The van der Waals surface area contributed by atoms with Crippen molar-refractivity contribution in [2.24, 2.45) is 0 Å². The minimum atomic E-state index is -4.23. The van der Waals surface area contributed by atoms with E-state index < -0.39 is 6.18 Å². The Balaban J connectivity index is 2.70. The van der Waals surface area contributed by atoms with Crippen LogP contribution >= 0.6 is 11.8 Å². The van der Waals surface area contributed by atoms with Crippen molar-refractivity contribution in [1.29, 1.82) is 0 Å². The van der Waals surface area contributed by atoms with Crippen LogP contribution in [0.3, 0.4) is 0 Å². The molecular formula is C11H11F3S. The Kier molecular flexibility index (Phi) is 3.85. The lowest BCUT2D eigenvalue weighted by molar-refractivity contribution is -0.0801. The normalized spacial score (nSPS) is 13.0. The van der Waals surface area contributed by atoms with Crippen LogP contribution in [0.1, 0.15) is 12.5 Å². The van der Waals surface area contributed by atoms with Crippen molar-refractivity contribution >= 4 is 11.8 Å². The van der Waals surface area contributed by atoms with E-state index in [1.54, 1.807) is 0 Å². The summed E-state index contributed by atoms with van der Waals surface area (Å²) in [7, 11) is 0. The quantitative estimate of drug-likeness (QED) is 0.674. The molecule has 1 aromatic rings. The van der Waals surface area contributed by atoms with E-state index in [0.29, 0.717) is 6.08 Å². The fourth-order valence-corrected chi connectivity index (χ4v) is 1.89. The Morgan fingerprint density at radius 1 is 1.20 bits per heavy atom. The van der Waals surface area contributed by atoms with Crippen LogP contribution in [0.2, 0.25) is 0 Å². The highest BCUT2D eigenvalue weighted by atomic mass is 32.2. The van der Waals surface area contributed by atoms with Crippen molar-refractivity contribution < 1.29 is 13.2 Å². The van der Waals surface area contributed by atoms with Crippen molar-refractivity contribution in [2.75, 3.05) is 0 Å². The van der Waals surface area contributed by atoms with E-state index >= 15 is 0 Å². The molecule has 0 heterocycles. The third kappa shape index (κ3) is 4.93. The Morgan fingerprint density at radius 3 is 2.20 bits per heavy atom. The molecule has 0 amide bonds. The van der Waals surface area contributed by atoms with Gasteiger partial charge in [-0.15, -0.1) is 0 Å². The van der Waals surface area contributed by atoms with E-state index in [4.69, 9.17) is 0 Å². The molecule has 0 aliphatic carbocycles. The molecule has 0 aliphatic rings. The van der Waals surface area contributed by atoms with Gasteiger partial charge < -0.3 is 0 Å². The zero-order valence-electron chi connectivity index (χ0n) is 8.43. The van der Waals surface area contributed by atoms with E-state index in [0.717, 1.165) is 22.2 Å². The lowest BCUT2D eigenvalue weighted by atomic mass is 10.2. The van der Waals surface area contributed by atoms with Crippen LogP contribution in [0, 0.1) is 6.92 Å². The molecule has 0 spiro atoms. The van der Waals surface area contributed by atoms with Crippen LogP contribution in [0.5, 0.6) is 0 Å².